The average molecular weight is 746 g/mol. The second-order valence-electron chi connectivity index (χ2n) is 16.6. The summed E-state index contributed by atoms with van der Waals surface area (Å²) in [6, 6.07) is 38.0. The molecular formula is C51H58N2OP+. The highest BCUT2D eigenvalue weighted by Crippen LogP contribution is 2.45. The van der Waals surface area contributed by atoms with Crippen LogP contribution < -0.4 is 14.0 Å². The molecule has 0 spiro atoms. The number of allylic oxidation sites excluding steroid dienone is 4. The minimum absolute atomic E-state index is 0.0189. The summed E-state index contributed by atoms with van der Waals surface area (Å²) in [6.45, 7) is 30.2. The molecule has 0 N–H and O–H groups in total. The molecule has 6 aromatic rings. The van der Waals surface area contributed by atoms with Crippen molar-refractivity contribution in [2.24, 2.45) is 0 Å². The van der Waals surface area contributed by atoms with Crippen LogP contribution in [0.15, 0.2) is 140 Å². The van der Waals surface area contributed by atoms with E-state index in [0.29, 0.717) is 6.61 Å². The van der Waals surface area contributed by atoms with Gasteiger partial charge in [0, 0.05) is 42.0 Å². The van der Waals surface area contributed by atoms with Crippen LogP contribution in [0.3, 0.4) is 0 Å². The molecule has 0 atom stereocenters. The van der Waals surface area contributed by atoms with Gasteiger partial charge in [0.25, 0.3) is 0 Å². The van der Waals surface area contributed by atoms with E-state index in [9.17, 15) is 0 Å². The van der Waals surface area contributed by atoms with E-state index in [4.69, 9.17) is 4.74 Å². The van der Waals surface area contributed by atoms with Gasteiger partial charge in [0.15, 0.2) is 8.07 Å². The van der Waals surface area contributed by atoms with Crippen molar-refractivity contribution in [1.29, 1.82) is 0 Å². The van der Waals surface area contributed by atoms with Crippen molar-refractivity contribution in [2.75, 3.05) is 24.8 Å². The van der Waals surface area contributed by atoms with Crippen molar-refractivity contribution in [3.63, 3.8) is 0 Å². The lowest BCUT2D eigenvalue weighted by molar-refractivity contribution is -0.465. The molecule has 0 aliphatic carbocycles. The number of benzene rings is 5. The summed E-state index contributed by atoms with van der Waals surface area (Å²) in [5.41, 5.74) is 12.9. The monoisotopic (exact) mass is 745 g/mol. The van der Waals surface area contributed by atoms with Crippen LogP contribution in [0.2, 0.25) is 0 Å². The van der Waals surface area contributed by atoms with Crippen molar-refractivity contribution < 1.29 is 9.07 Å². The van der Waals surface area contributed by atoms with E-state index in [2.05, 4.69) is 200 Å². The molecule has 282 valence electrons. The third kappa shape index (κ3) is 8.05. The van der Waals surface area contributed by atoms with Crippen LogP contribution in [0, 0.1) is 6.92 Å². The van der Waals surface area contributed by atoms with Gasteiger partial charge in [0.1, 0.15) is 5.75 Å². The number of aromatic nitrogens is 1. The number of anilines is 2. The Morgan fingerprint density at radius 1 is 0.782 bits per heavy atom. The lowest BCUT2D eigenvalue weighted by Gasteiger charge is -2.28. The first-order valence-corrected chi connectivity index (χ1v) is 21.7. The van der Waals surface area contributed by atoms with E-state index in [-0.39, 0.29) is 10.8 Å². The molecule has 1 heterocycles. The molecule has 0 saturated carbocycles. The second kappa shape index (κ2) is 16.0. The number of nitrogens with zero attached hydrogens (tertiary/aromatic N) is 2. The summed E-state index contributed by atoms with van der Waals surface area (Å²) in [5.74, 6) is 0.900. The van der Waals surface area contributed by atoms with Gasteiger partial charge in [0.2, 0.25) is 11.2 Å². The molecule has 55 heavy (non-hydrogen) atoms. The van der Waals surface area contributed by atoms with Gasteiger partial charge < -0.3 is 9.64 Å². The van der Waals surface area contributed by atoms with Crippen LogP contribution in [-0.2, 0) is 10.8 Å². The zero-order chi connectivity index (χ0) is 39.7. The standard InChI is InChI=1S/C51H58N2OP/c1-13-15-17-22-35(3)52(41-23-18-16-19-24-41)45-30-28-37-27-29-42-44(38-31-39(50(5,6)7)33-40(32-38)51(8,9)10)34-46(43-25-20-21-26-47(43)54-14-2)53(55(11)12)49(42)48(37)36(45)4/h13,15-34H,3,14H2,1-2,4-12H3/q+1/b15-13-,22-17-. The Bertz CT molecular complexity index is 2390. The fourth-order valence-electron chi connectivity index (χ4n) is 7.48. The quantitative estimate of drug-likeness (QED) is 0.0789. The zero-order valence-corrected chi connectivity index (χ0v) is 35.7. The number of hydrogen-bond donors (Lipinski definition) is 0. The van der Waals surface area contributed by atoms with E-state index < -0.39 is 8.07 Å². The predicted molar refractivity (Wildman–Crippen MR) is 242 cm³/mol. The van der Waals surface area contributed by atoms with Crippen LogP contribution >= 0.6 is 8.07 Å². The molecule has 4 heteroatoms. The lowest BCUT2D eigenvalue weighted by atomic mass is 9.78. The molecule has 0 fully saturated rings. The first-order valence-electron chi connectivity index (χ1n) is 19.5. The van der Waals surface area contributed by atoms with Gasteiger partial charge >= 0.3 is 0 Å². The van der Waals surface area contributed by atoms with Crippen LogP contribution in [0.25, 0.3) is 44.1 Å². The summed E-state index contributed by atoms with van der Waals surface area (Å²) in [5, 5.41) is 3.70. The van der Waals surface area contributed by atoms with Crippen LogP contribution in [0.5, 0.6) is 5.75 Å². The maximum absolute atomic E-state index is 6.36. The van der Waals surface area contributed by atoms with Gasteiger partial charge in [-0.2, -0.15) is 4.34 Å². The number of hydrogen-bond acceptors (Lipinski definition) is 2. The van der Waals surface area contributed by atoms with Crippen molar-refractivity contribution in [3.05, 3.63) is 156 Å². The Kier molecular flexibility index (Phi) is 11.6. The summed E-state index contributed by atoms with van der Waals surface area (Å²) in [4.78, 5) is 2.29. The van der Waals surface area contributed by atoms with E-state index in [1.165, 1.54) is 49.5 Å². The van der Waals surface area contributed by atoms with E-state index >= 15 is 0 Å². The maximum atomic E-state index is 6.36. The van der Waals surface area contributed by atoms with Crippen molar-refractivity contribution in [1.82, 2.24) is 0 Å². The highest BCUT2D eigenvalue weighted by molar-refractivity contribution is 7.49. The third-order valence-corrected chi connectivity index (χ3v) is 11.6. The van der Waals surface area contributed by atoms with E-state index in [1.807, 2.05) is 19.1 Å². The first kappa shape index (κ1) is 39.7. The summed E-state index contributed by atoms with van der Waals surface area (Å²) in [7, 11) is -0.658. The summed E-state index contributed by atoms with van der Waals surface area (Å²) >= 11 is 0. The van der Waals surface area contributed by atoms with Gasteiger partial charge in [0.05, 0.1) is 22.9 Å². The molecule has 1 aromatic heterocycles. The molecule has 0 bridgehead atoms. The fraction of sp³-hybridized carbons (Fsp3) is 0.275. The third-order valence-electron chi connectivity index (χ3n) is 10.4. The number of rotatable bonds is 10. The van der Waals surface area contributed by atoms with Crippen LogP contribution in [-0.4, -0.2) is 19.9 Å². The second-order valence-corrected chi connectivity index (χ2v) is 18.7. The molecule has 0 aliphatic heterocycles. The van der Waals surface area contributed by atoms with Crippen molar-refractivity contribution in [2.45, 2.75) is 73.1 Å². The first-order chi connectivity index (χ1) is 26.1. The Balaban J connectivity index is 1.82. The number of fused-ring (bicyclic) bond motifs is 3. The van der Waals surface area contributed by atoms with Crippen LogP contribution in [0.1, 0.15) is 72.1 Å². The fourth-order valence-corrected chi connectivity index (χ4v) is 8.69. The Hall–Kier alpha value is -4.98. The highest BCUT2D eigenvalue weighted by atomic mass is 31.1. The molecule has 0 radical (unpaired) electrons. The largest absolute Gasteiger partial charge is 0.493 e. The molecule has 0 aliphatic rings. The summed E-state index contributed by atoms with van der Waals surface area (Å²) in [6.07, 6.45) is 8.24. The molecule has 0 saturated heterocycles. The molecule has 6 rings (SSSR count). The molecule has 3 nitrogen and oxygen atoms in total. The Morgan fingerprint density at radius 3 is 2.04 bits per heavy atom. The topological polar surface area (TPSA) is 16.4 Å². The van der Waals surface area contributed by atoms with Crippen molar-refractivity contribution in [3.8, 4) is 28.1 Å². The lowest BCUT2D eigenvalue weighted by Crippen LogP contribution is -2.32. The summed E-state index contributed by atoms with van der Waals surface area (Å²) < 4.78 is 8.96. The maximum Gasteiger partial charge on any atom is 0.222 e. The molecule has 5 aromatic carbocycles. The Morgan fingerprint density at radius 2 is 1.42 bits per heavy atom. The van der Waals surface area contributed by atoms with Gasteiger partial charge in [-0.1, -0.05) is 127 Å². The molecule has 0 amide bonds. The zero-order valence-electron chi connectivity index (χ0n) is 34.8. The SMILES string of the molecule is C=C(/C=C\C=C/C)N(c1ccccc1)c1ccc2ccc3c(-c4cc(C(C)(C)C)cc(C(C)(C)C)c4)cc(-c4ccccc4OCC)[n+](P(C)C)c3c2c1C. The molecular weight excluding hydrogens is 688 g/mol. The Labute approximate surface area is 331 Å². The smallest absolute Gasteiger partial charge is 0.222 e. The van der Waals surface area contributed by atoms with E-state index in [1.54, 1.807) is 0 Å². The van der Waals surface area contributed by atoms with E-state index in [0.717, 1.165) is 34.1 Å². The number of para-hydroxylation sites is 2. The highest BCUT2D eigenvalue weighted by Gasteiger charge is 2.31. The van der Waals surface area contributed by atoms with Gasteiger partial charge in [-0.15, -0.1) is 0 Å². The van der Waals surface area contributed by atoms with Gasteiger partial charge in [-0.25, -0.2) is 0 Å². The minimum atomic E-state index is -0.658. The van der Waals surface area contributed by atoms with Gasteiger partial charge in [-0.3, -0.25) is 0 Å². The number of aryl methyl sites for hydroxylation is 1. The van der Waals surface area contributed by atoms with Crippen molar-refractivity contribution >= 4 is 41.1 Å². The number of pyridine rings is 1. The molecule has 0 unspecified atom stereocenters. The minimum Gasteiger partial charge on any atom is -0.493 e. The predicted octanol–water partition coefficient (Wildman–Crippen LogP) is 14.2. The number of ether oxygens (including phenoxy) is 1. The normalized spacial score (nSPS) is 12.4. The average Bonchev–Trinajstić information content (AvgIpc) is 3.15. The van der Waals surface area contributed by atoms with Crippen LogP contribution in [0.4, 0.5) is 11.4 Å². The van der Waals surface area contributed by atoms with Gasteiger partial charge in [-0.05, 0) is 102 Å².